The lowest BCUT2D eigenvalue weighted by molar-refractivity contribution is -0.137. The molecule has 1 heterocycles. The second kappa shape index (κ2) is 5.22. The number of carboxylic acid groups (broad SMARTS) is 1. The molecule has 0 aliphatic carbocycles. The molecule has 18 heavy (non-hydrogen) atoms. The molecule has 1 fully saturated rings. The third-order valence-corrected chi connectivity index (χ3v) is 3.50. The predicted octanol–water partition coefficient (Wildman–Crippen LogP) is 3.03. The Morgan fingerprint density at radius 3 is 2.61 bits per heavy atom. The Hall–Kier alpha value is -1.17. The zero-order valence-corrected chi connectivity index (χ0v) is 11.1. The number of nitrogens with zero attached hydrogens (tertiary/aromatic N) is 1. The summed E-state index contributed by atoms with van der Waals surface area (Å²) in [6.45, 7) is 0.856. The van der Waals surface area contributed by atoms with Gasteiger partial charge in [0, 0.05) is 24.0 Å². The molecule has 0 radical (unpaired) electrons. The van der Waals surface area contributed by atoms with Crippen molar-refractivity contribution in [3.8, 4) is 0 Å². The maximum absolute atomic E-state index is 13.7. The predicted molar refractivity (Wildman–Crippen MR) is 66.6 cm³/mol. The van der Waals surface area contributed by atoms with Crippen LogP contribution in [0.5, 0.6) is 0 Å². The molecule has 0 unspecified atom stereocenters. The lowest BCUT2D eigenvalue weighted by atomic mass is 10.1. The van der Waals surface area contributed by atoms with Gasteiger partial charge in [0.05, 0.1) is 0 Å². The van der Waals surface area contributed by atoms with E-state index in [1.165, 1.54) is 12.1 Å². The molecule has 1 N–H and O–H groups in total. The molecule has 0 amide bonds. The number of benzene rings is 1. The molecule has 1 aliphatic heterocycles. The SMILES string of the molecule is O=C(O)C[C@@H]1CCN(c2c(F)cc(Br)cc2F)C1. The van der Waals surface area contributed by atoms with Crippen molar-refractivity contribution >= 4 is 27.6 Å². The minimum atomic E-state index is -0.876. The Morgan fingerprint density at radius 1 is 1.44 bits per heavy atom. The molecule has 1 aliphatic rings. The fraction of sp³-hybridized carbons (Fsp3) is 0.417. The third-order valence-electron chi connectivity index (χ3n) is 3.05. The van der Waals surface area contributed by atoms with E-state index < -0.39 is 17.6 Å². The number of halogens is 3. The van der Waals surface area contributed by atoms with Crippen LogP contribution < -0.4 is 4.90 Å². The number of rotatable bonds is 3. The molecule has 3 nitrogen and oxygen atoms in total. The van der Waals surface area contributed by atoms with Gasteiger partial charge < -0.3 is 10.0 Å². The van der Waals surface area contributed by atoms with E-state index >= 15 is 0 Å². The van der Waals surface area contributed by atoms with E-state index in [0.29, 0.717) is 24.0 Å². The van der Waals surface area contributed by atoms with E-state index in [4.69, 9.17) is 5.11 Å². The van der Waals surface area contributed by atoms with Crippen LogP contribution in [-0.4, -0.2) is 24.2 Å². The van der Waals surface area contributed by atoms with Crippen LogP contribution in [0.2, 0.25) is 0 Å². The zero-order chi connectivity index (χ0) is 13.3. The highest BCUT2D eigenvalue weighted by molar-refractivity contribution is 9.10. The van der Waals surface area contributed by atoms with E-state index in [1.807, 2.05) is 0 Å². The van der Waals surface area contributed by atoms with Crippen molar-refractivity contribution in [1.29, 1.82) is 0 Å². The van der Waals surface area contributed by atoms with Gasteiger partial charge in [-0.1, -0.05) is 15.9 Å². The summed E-state index contributed by atoms with van der Waals surface area (Å²) in [6.07, 6.45) is 0.678. The average Bonchev–Trinajstić information content (AvgIpc) is 2.63. The number of carbonyl (C=O) groups is 1. The molecule has 98 valence electrons. The molecular weight excluding hydrogens is 308 g/mol. The van der Waals surface area contributed by atoms with Crippen molar-refractivity contribution in [3.63, 3.8) is 0 Å². The molecule has 0 aromatic heterocycles. The number of hydrogen-bond acceptors (Lipinski definition) is 2. The average molecular weight is 320 g/mol. The number of carboxylic acids is 1. The number of anilines is 1. The van der Waals surface area contributed by atoms with Crippen molar-refractivity contribution in [2.75, 3.05) is 18.0 Å². The summed E-state index contributed by atoms with van der Waals surface area (Å²) in [4.78, 5) is 12.2. The summed E-state index contributed by atoms with van der Waals surface area (Å²) in [7, 11) is 0. The van der Waals surface area contributed by atoms with E-state index in [9.17, 15) is 13.6 Å². The van der Waals surface area contributed by atoms with Crippen LogP contribution in [0.3, 0.4) is 0 Å². The maximum Gasteiger partial charge on any atom is 0.303 e. The van der Waals surface area contributed by atoms with Gasteiger partial charge in [-0.2, -0.15) is 0 Å². The molecule has 1 aromatic rings. The topological polar surface area (TPSA) is 40.5 Å². The van der Waals surface area contributed by atoms with Crippen LogP contribution in [0, 0.1) is 17.6 Å². The molecule has 1 saturated heterocycles. The lowest BCUT2D eigenvalue weighted by Crippen LogP contribution is -2.22. The highest BCUT2D eigenvalue weighted by Gasteiger charge is 2.28. The second-order valence-corrected chi connectivity index (χ2v) is 5.33. The summed E-state index contributed by atoms with van der Waals surface area (Å²) < 4.78 is 27.8. The molecule has 0 bridgehead atoms. The standard InChI is InChI=1S/C12H12BrF2NO2/c13-8-4-9(14)12(10(15)5-8)16-2-1-7(6-16)3-11(17)18/h4-5,7H,1-3,6H2,(H,17,18)/t7-/m0/s1. The smallest absolute Gasteiger partial charge is 0.303 e. The monoisotopic (exact) mass is 319 g/mol. The van der Waals surface area contributed by atoms with Crippen LogP contribution in [0.1, 0.15) is 12.8 Å². The van der Waals surface area contributed by atoms with Gasteiger partial charge in [0.15, 0.2) is 11.6 Å². The second-order valence-electron chi connectivity index (χ2n) is 4.42. The first kappa shape index (κ1) is 13.3. The summed E-state index contributed by atoms with van der Waals surface area (Å²) in [5, 5.41) is 8.70. The van der Waals surface area contributed by atoms with Crippen LogP contribution >= 0.6 is 15.9 Å². The Kier molecular flexibility index (Phi) is 3.85. The van der Waals surface area contributed by atoms with E-state index in [-0.39, 0.29) is 18.0 Å². The Balaban J connectivity index is 2.17. The molecular formula is C12H12BrF2NO2. The first-order valence-corrected chi connectivity index (χ1v) is 6.38. The first-order valence-electron chi connectivity index (χ1n) is 5.58. The number of aliphatic carboxylic acids is 1. The van der Waals surface area contributed by atoms with Gasteiger partial charge in [0.2, 0.25) is 0 Å². The normalized spacial score (nSPS) is 19.3. The Bertz CT molecular complexity index is 458. The highest BCUT2D eigenvalue weighted by atomic mass is 79.9. The summed E-state index contributed by atoms with van der Waals surface area (Å²) in [5.74, 6) is -2.18. The van der Waals surface area contributed by atoms with Crippen molar-refractivity contribution in [3.05, 3.63) is 28.2 Å². The van der Waals surface area contributed by atoms with Crippen LogP contribution in [0.25, 0.3) is 0 Å². The van der Waals surface area contributed by atoms with Crippen LogP contribution in [0.15, 0.2) is 16.6 Å². The molecule has 6 heteroatoms. The van der Waals surface area contributed by atoms with Gasteiger partial charge in [0.25, 0.3) is 0 Å². The van der Waals surface area contributed by atoms with E-state index in [1.54, 1.807) is 4.90 Å². The lowest BCUT2D eigenvalue weighted by Gasteiger charge is -2.20. The number of hydrogen-bond donors (Lipinski definition) is 1. The third kappa shape index (κ3) is 2.80. The minimum absolute atomic E-state index is 0.0380. The minimum Gasteiger partial charge on any atom is -0.481 e. The van der Waals surface area contributed by atoms with Crippen LogP contribution in [-0.2, 0) is 4.79 Å². The maximum atomic E-state index is 13.7. The van der Waals surface area contributed by atoms with E-state index in [0.717, 1.165) is 0 Å². The molecule has 0 spiro atoms. The highest BCUT2D eigenvalue weighted by Crippen LogP contribution is 2.32. The molecule has 1 atom stereocenters. The van der Waals surface area contributed by atoms with Gasteiger partial charge in [-0.05, 0) is 24.5 Å². The largest absolute Gasteiger partial charge is 0.481 e. The van der Waals surface area contributed by atoms with Gasteiger partial charge >= 0.3 is 5.97 Å². The Labute approximate surface area is 112 Å². The first-order chi connectivity index (χ1) is 8.47. The molecule has 0 saturated carbocycles. The fourth-order valence-electron chi connectivity index (χ4n) is 2.29. The van der Waals surface area contributed by atoms with Crippen molar-refractivity contribution in [2.45, 2.75) is 12.8 Å². The summed E-state index contributed by atoms with van der Waals surface area (Å²) in [5.41, 5.74) is -0.0638. The van der Waals surface area contributed by atoms with Crippen molar-refractivity contribution < 1.29 is 18.7 Å². The van der Waals surface area contributed by atoms with E-state index in [2.05, 4.69) is 15.9 Å². The van der Waals surface area contributed by atoms with Gasteiger partial charge in [-0.3, -0.25) is 4.79 Å². The quantitative estimate of drug-likeness (QED) is 0.931. The fourth-order valence-corrected chi connectivity index (χ4v) is 2.69. The summed E-state index contributed by atoms with van der Waals surface area (Å²) in [6, 6.07) is 2.42. The molecule has 2 rings (SSSR count). The van der Waals surface area contributed by atoms with Crippen molar-refractivity contribution in [2.24, 2.45) is 5.92 Å². The van der Waals surface area contributed by atoms with Crippen LogP contribution in [0.4, 0.5) is 14.5 Å². The van der Waals surface area contributed by atoms with Gasteiger partial charge in [-0.15, -0.1) is 0 Å². The van der Waals surface area contributed by atoms with Crippen molar-refractivity contribution in [1.82, 2.24) is 0 Å². The molecule has 1 aromatic carbocycles. The van der Waals surface area contributed by atoms with Gasteiger partial charge in [0.1, 0.15) is 5.69 Å². The zero-order valence-electron chi connectivity index (χ0n) is 9.50. The Morgan fingerprint density at radius 2 is 2.06 bits per heavy atom. The van der Waals surface area contributed by atoms with Gasteiger partial charge in [-0.25, -0.2) is 8.78 Å². The summed E-state index contributed by atoms with van der Waals surface area (Å²) >= 11 is 3.02.